The summed E-state index contributed by atoms with van der Waals surface area (Å²) in [7, 11) is 0. The second kappa shape index (κ2) is 9.23. The molecule has 0 aliphatic carbocycles. The van der Waals surface area contributed by atoms with Crippen molar-refractivity contribution >= 4 is 5.97 Å². The van der Waals surface area contributed by atoms with Gasteiger partial charge in [0, 0.05) is 6.92 Å². The molecule has 5 heteroatoms. The topological polar surface area (TPSA) is 71.4 Å². The monoisotopic (exact) mass is 190 g/mol. The first-order chi connectivity index (χ1) is 3.15. The Morgan fingerprint density at radius 2 is 1.57 bits per heavy atom. The maximum atomic E-state index is 9.00. The Hall–Kier alpha value is -0.242. The molecule has 0 saturated heterocycles. The molecule has 0 spiro atoms. The van der Waals surface area contributed by atoms with Gasteiger partial charge in [-0.3, -0.25) is 4.79 Å². The average molecular weight is 188 g/mol. The van der Waals surface area contributed by atoms with Crippen molar-refractivity contribution in [1.82, 2.24) is 0 Å². The van der Waals surface area contributed by atoms with E-state index in [0.29, 0.717) is 0 Å². The number of hydrogen-bond acceptors (Lipinski definition) is 3. The predicted molar refractivity (Wildman–Crippen MR) is 14.7 cm³/mol. The van der Waals surface area contributed by atoms with Gasteiger partial charge in [0.1, 0.15) is 0 Å². The first kappa shape index (κ1) is 9.90. The van der Waals surface area contributed by atoms with Crippen molar-refractivity contribution in [3.8, 4) is 0 Å². The normalized spacial score (nSPS) is 5.29. The molecule has 42 valence electrons. The minimum absolute atomic E-state index is 0.833. The van der Waals surface area contributed by atoms with Crippen LogP contribution in [0.1, 0.15) is 6.92 Å². The molecule has 0 aliphatic heterocycles. The van der Waals surface area contributed by atoms with Gasteiger partial charge in [-0.05, 0) is 0 Å². The van der Waals surface area contributed by atoms with E-state index in [1.54, 1.807) is 0 Å². The van der Waals surface area contributed by atoms with Gasteiger partial charge in [0.05, 0.1) is 0 Å². The fourth-order valence-corrected chi connectivity index (χ4v) is 0. The van der Waals surface area contributed by atoms with Crippen LogP contribution in [0.4, 0.5) is 0 Å². The van der Waals surface area contributed by atoms with E-state index in [0.717, 1.165) is 6.92 Å². The van der Waals surface area contributed by atoms with Gasteiger partial charge in [0.15, 0.2) is 0 Å². The molecule has 0 bridgehead atoms. The summed E-state index contributed by atoms with van der Waals surface area (Å²) >= 11 is -2.03. The summed E-state index contributed by atoms with van der Waals surface area (Å²) in [6.45, 7) is 1.08. The van der Waals surface area contributed by atoms with Crippen molar-refractivity contribution in [2.75, 3.05) is 0 Å². The molecule has 0 radical (unpaired) electrons. The molecule has 0 fully saturated rings. The molecule has 4 nitrogen and oxygen atoms in total. The molecule has 1 N–H and O–H groups in total. The average Bonchev–Trinajstić information content (AvgIpc) is 1.33. The summed E-state index contributed by atoms with van der Waals surface area (Å²) in [6.07, 6.45) is 0. The molecule has 7 heavy (non-hydrogen) atoms. The van der Waals surface area contributed by atoms with Gasteiger partial charge in [-0.2, -0.15) is 0 Å². The second-order valence-electron chi connectivity index (χ2n) is 0.587. The first-order valence-electron chi connectivity index (χ1n) is 1.26. The molecular formula is C2H4MoO4. The number of rotatable bonds is 0. The van der Waals surface area contributed by atoms with Crippen LogP contribution in [0.2, 0.25) is 0 Å². The van der Waals surface area contributed by atoms with Crippen molar-refractivity contribution in [3.05, 3.63) is 0 Å². The third-order valence-electron chi connectivity index (χ3n) is 0. The van der Waals surface area contributed by atoms with Crippen LogP contribution in [0, 0.1) is 0 Å². The molecule has 0 rings (SSSR count). The number of carboxylic acid groups (broad SMARTS) is 1. The molecule has 0 aromatic rings. The second-order valence-corrected chi connectivity index (χ2v) is 0.922. The van der Waals surface area contributed by atoms with Gasteiger partial charge in [0.2, 0.25) is 0 Å². The quantitative estimate of drug-likeness (QED) is 0.536. The minimum atomic E-state index is -2.03. The van der Waals surface area contributed by atoms with Crippen LogP contribution in [-0.4, -0.2) is 11.1 Å². The molecule has 0 saturated carbocycles. The molecule has 0 unspecified atom stereocenters. The number of hydrogen-bond donors (Lipinski definition) is 1. The number of carboxylic acids is 1. The Bertz CT molecular complexity index is 77.7. The standard InChI is InChI=1S/C2H4O2.Mo.2O/c1-2(3)4;;;/h1H3,(H,3,4);;;. The zero-order valence-corrected chi connectivity index (χ0v) is 5.59. The van der Waals surface area contributed by atoms with E-state index in [2.05, 4.69) is 0 Å². The summed E-state index contributed by atoms with van der Waals surface area (Å²) in [5, 5.41) is 7.42. The van der Waals surface area contributed by atoms with E-state index in [4.69, 9.17) is 16.7 Å². The number of carbonyl (C=O) groups is 1. The molecule has 0 atom stereocenters. The third kappa shape index (κ3) is 1390. The Kier molecular flexibility index (Phi) is 13.1. The van der Waals surface area contributed by atoms with Crippen LogP contribution in [-0.2, 0) is 30.1 Å². The Labute approximate surface area is 48.7 Å². The van der Waals surface area contributed by atoms with Crippen LogP contribution in [0.5, 0.6) is 0 Å². The summed E-state index contributed by atoms with van der Waals surface area (Å²) in [5.41, 5.74) is 0. The summed E-state index contributed by atoms with van der Waals surface area (Å²) in [6, 6.07) is 0. The maximum absolute atomic E-state index is 9.00. The van der Waals surface area contributed by atoms with Gasteiger partial charge >= 0.3 is 25.3 Å². The van der Waals surface area contributed by atoms with Crippen molar-refractivity contribution in [3.63, 3.8) is 0 Å². The predicted octanol–water partition coefficient (Wildman–Crippen LogP) is -0.149. The Balaban J connectivity index is 0. The third-order valence-corrected chi connectivity index (χ3v) is 0. The molecule has 0 aliphatic rings. The van der Waals surface area contributed by atoms with Gasteiger partial charge < -0.3 is 5.11 Å². The van der Waals surface area contributed by atoms with Crippen LogP contribution in [0.15, 0.2) is 0 Å². The Morgan fingerprint density at radius 3 is 1.57 bits per heavy atom. The molecule has 0 aromatic carbocycles. The molecule has 0 aromatic heterocycles. The van der Waals surface area contributed by atoms with Crippen molar-refractivity contribution in [2.24, 2.45) is 0 Å². The summed E-state index contributed by atoms with van der Waals surface area (Å²) < 4.78 is 17.0. The van der Waals surface area contributed by atoms with E-state index in [9.17, 15) is 0 Å². The SMILES string of the molecule is CC(=O)O.[O]=[Mo]=[O]. The molecule has 0 amide bonds. The fraction of sp³-hybridized carbons (Fsp3) is 0.500. The fourth-order valence-electron chi connectivity index (χ4n) is 0. The van der Waals surface area contributed by atoms with E-state index in [1.165, 1.54) is 0 Å². The van der Waals surface area contributed by atoms with Gasteiger partial charge in [-0.25, -0.2) is 0 Å². The van der Waals surface area contributed by atoms with Crippen LogP contribution in [0.25, 0.3) is 0 Å². The van der Waals surface area contributed by atoms with E-state index < -0.39 is 24.5 Å². The van der Waals surface area contributed by atoms with Gasteiger partial charge in [0.25, 0.3) is 5.97 Å². The number of aliphatic carboxylic acids is 1. The van der Waals surface area contributed by atoms with Crippen molar-refractivity contribution in [1.29, 1.82) is 0 Å². The van der Waals surface area contributed by atoms with Crippen LogP contribution < -0.4 is 0 Å². The summed E-state index contributed by atoms with van der Waals surface area (Å²) in [4.78, 5) is 9.00. The molecule has 0 heterocycles. The Morgan fingerprint density at radius 1 is 1.57 bits per heavy atom. The molecular weight excluding hydrogens is 184 g/mol. The van der Waals surface area contributed by atoms with Gasteiger partial charge in [-0.15, -0.1) is 0 Å². The van der Waals surface area contributed by atoms with Crippen molar-refractivity contribution in [2.45, 2.75) is 6.92 Å². The van der Waals surface area contributed by atoms with E-state index in [-0.39, 0.29) is 0 Å². The van der Waals surface area contributed by atoms with Crippen LogP contribution >= 0.6 is 0 Å². The van der Waals surface area contributed by atoms with E-state index >= 15 is 0 Å². The summed E-state index contributed by atoms with van der Waals surface area (Å²) in [5.74, 6) is -0.833. The van der Waals surface area contributed by atoms with Crippen LogP contribution in [0.3, 0.4) is 0 Å². The zero-order valence-electron chi connectivity index (χ0n) is 3.58. The zero-order chi connectivity index (χ0) is 6.28. The van der Waals surface area contributed by atoms with Gasteiger partial charge in [-0.1, -0.05) is 0 Å². The van der Waals surface area contributed by atoms with E-state index in [1.807, 2.05) is 0 Å². The first-order valence-corrected chi connectivity index (χ1v) is 2.90. The van der Waals surface area contributed by atoms with Crippen molar-refractivity contribution < 1.29 is 35.2 Å².